The van der Waals surface area contributed by atoms with Crippen molar-refractivity contribution in [2.75, 3.05) is 13.1 Å². The first kappa shape index (κ1) is 15.5. The van der Waals surface area contributed by atoms with Crippen LogP contribution in [0.25, 0.3) is 0 Å². The Labute approximate surface area is 124 Å². The molecule has 1 aliphatic heterocycles. The van der Waals surface area contributed by atoms with Crippen LogP contribution in [0.1, 0.15) is 37.8 Å². The number of aliphatic carboxylic acids is 1. The molecule has 5 nitrogen and oxygen atoms in total. The minimum Gasteiger partial charge on any atom is -0.481 e. The topological polar surface area (TPSA) is 83.6 Å². The van der Waals surface area contributed by atoms with Crippen LogP contribution in [0.3, 0.4) is 0 Å². The van der Waals surface area contributed by atoms with Crippen molar-refractivity contribution in [2.45, 2.75) is 32.2 Å². The largest absolute Gasteiger partial charge is 0.481 e. The first-order valence-corrected chi connectivity index (χ1v) is 7.33. The molecule has 3 N–H and O–H groups in total. The molecule has 0 aliphatic carbocycles. The van der Waals surface area contributed by atoms with Crippen LogP contribution in [0.4, 0.5) is 0 Å². The fraction of sp³-hybridized carbons (Fsp3) is 0.500. The third-order valence-corrected chi connectivity index (χ3v) is 4.59. The number of piperidine rings is 1. The number of hydrogen-bond donors (Lipinski definition) is 2. The molecule has 114 valence electrons. The summed E-state index contributed by atoms with van der Waals surface area (Å²) in [6, 6.07) is 8.57. The zero-order valence-electron chi connectivity index (χ0n) is 12.3. The van der Waals surface area contributed by atoms with Crippen molar-refractivity contribution in [3.05, 3.63) is 35.9 Å². The number of hydrogen-bond acceptors (Lipinski definition) is 3. The van der Waals surface area contributed by atoms with Crippen LogP contribution in [0.2, 0.25) is 0 Å². The van der Waals surface area contributed by atoms with Crippen molar-refractivity contribution in [3.8, 4) is 0 Å². The zero-order chi connectivity index (χ0) is 15.5. The molecule has 1 aromatic carbocycles. The minimum atomic E-state index is -0.760. The molecule has 21 heavy (non-hydrogen) atoms. The summed E-state index contributed by atoms with van der Waals surface area (Å²) >= 11 is 0. The molecule has 0 bridgehead atoms. The maximum Gasteiger partial charge on any atom is 0.309 e. The number of likely N-dealkylation sites (tertiary alicyclic amines) is 1. The number of amides is 1. The monoisotopic (exact) mass is 290 g/mol. The standard InChI is InChI=1S/C16H22N2O3/c1-2-16(15(20)21)8-10-18(11-9-16)14(19)13(17)12-6-4-3-5-7-12/h3-7,13H,2,8-11,17H2,1H3,(H,20,21). The lowest BCUT2D eigenvalue weighted by molar-refractivity contribution is -0.154. The quantitative estimate of drug-likeness (QED) is 0.885. The number of nitrogens with two attached hydrogens (primary N) is 1. The van der Waals surface area contributed by atoms with Gasteiger partial charge in [0, 0.05) is 13.1 Å². The maximum absolute atomic E-state index is 12.4. The Morgan fingerprint density at radius 3 is 2.33 bits per heavy atom. The van der Waals surface area contributed by atoms with Crippen LogP contribution in [-0.2, 0) is 9.59 Å². The van der Waals surface area contributed by atoms with E-state index in [9.17, 15) is 14.7 Å². The van der Waals surface area contributed by atoms with E-state index in [0.717, 1.165) is 5.56 Å². The number of carbonyl (C=O) groups is 2. The first-order chi connectivity index (χ1) is 10.00. The lowest BCUT2D eigenvalue weighted by Crippen LogP contribution is -2.48. The molecule has 1 heterocycles. The summed E-state index contributed by atoms with van der Waals surface area (Å²) in [5, 5.41) is 9.37. The van der Waals surface area contributed by atoms with Gasteiger partial charge in [-0.25, -0.2) is 0 Å². The highest BCUT2D eigenvalue weighted by molar-refractivity contribution is 5.83. The molecule has 1 saturated heterocycles. The molecule has 2 rings (SSSR count). The van der Waals surface area contributed by atoms with Crippen molar-refractivity contribution in [1.82, 2.24) is 4.90 Å². The molecular weight excluding hydrogens is 268 g/mol. The summed E-state index contributed by atoms with van der Waals surface area (Å²) in [4.78, 5) is 25.5. The van der Waals surface area contributed by atoms with Gasteiger partial charge in [-0.1, -0.05) is 37.3 Å². The van der Waals surface area contributed by atoms with E-state index in [2.05, 4.69) is 0 Å². The Morgan fingerprint density at radius 1 is 1.29 bits per heavy atom. The number of rotatable bonds is 4. The van der Waals surface area contributed by atoms with Crippen LogP contribution in [-0.4, -0.2) is 35.0 Å². The highest BCUT2D eigenvalue weighted by Crippen LogP contribution is 2.35. The third-order valence-electron chi connectivity index (χ3n) is 4.59. The predicted molar refractivity (Wildman–Crippen MR) is 79.5 cm³/mol. The molecule has 0 spiro atoms. The van der Waals surface area contributed by atoms with Crippen LogP contribution >= 0.6 is 0 Å². The van der Waals surface area contributed by atoms with Gasteiger partial charge in [-0.3, -0.25) is 9.59 Å². The van der Waals surface area contributed by atoms with E-state index in [1.807, 2.05) is 37.3 Å². The summed E-state index contributed by atoms with van der Waals surface area (Å²) in [6.07, 6.45) is 1.58. The second-order valence-corrected chi connectivity index (χ2v) is 5.65. The van der Waals surface area contributed by atoms with Crippen LogP contribution in [0.15, 0.2) is 30.3 Å². The van der Waals surface area contributed by atoms with Gasteiger partial charge in [-0.05, 0) is 24.8 Å². The van der Waals surface area contributed by atoms with E-state index < -0.39 is 17.4 Å². The highest BCUT2D eigenvalue weighted by Gasteiger charge is 2.41. The Hall–Kier alpha value is -1.88. The number of nitrogens with zero attached hydrogens (tertiary/aromatic N) is 1. The van der Waals surface area contributed by atoms with E-state index in [1.54, 1.807) is 4.90 Å². The second kappa shape index (κ2) is 6.26. The average Bonchev–Trinajstić information content (AvgIpc) is 2.54. The van der Waals surface area contributed by atoms with Gasteiger partial charge in [0.25, 0.3) is 0 Å². The smallest absolute Gasteiger partial charge is 0.309 e. The van der Waals surface area contributed by atoms with Crippen molar-refractivity contribution in [1.29, 1.82) is 0 Å². The van der Waals surface area contributed by atoms with Gasteiger partial charge in [0.05, 0.1) is 5.41 Å². The summed E-state index contributed by atoms with van der Waals surface area (Å²) in [5.74, 6) is -0.888. The molecule has 1 atom stereocenters. The van der Waals surface area contributed by atoms with Crippen molar-refractivity contribution >= 4 is 11.9 Å². The molecule has 1 aromatic rings. The van der Waals surface area contributed by atoms with E-state index in [4.69, 9.17) is 5.73 Å². The number of carbonyl (C=O) groups excluding carboxylic acids is 1. The molecular formula is C16H22N2O3. The molecule has 1 fully saturated rings. The molecule has 0 radical (unpaired) electrons. The predicted octanol–water partition coefficient (Wildman–Crippen LogP) is 1.79. The lowest BCUT2D eigenvalue weighted by atomic mass is 9.76. The van der Waals surface area contributed by atoms with Gasteiger partial charge >= 0.3 is 5.97 Å². The Kier molecular flexibility index (Phi) is 4.63. The number of carboxylic acids is 1. The molecule has 1 unspecified atom stereocenters. The number of benzene rings is 1. The fourth-order valence-corrected chi connectivity index (χ4v) is 2.87. The van der Waals surface area contributed by atoms with Crippen molar-refractivity contribution in [3.63, 3.8) is 0 Å². The maximum atomic E-state index is 12.4. The average molecular weight is 290 g/mol. The molecule has 1 aliphatic rings. The fourth-order valence-electron chi connectivity index (χ4n) is 2.87. The van der Waals surface area contributed by atoms with Crippen LogP contribution in [0, 0.1) is 5.41 Å². The van der Waals surface area contributed by atoms with Crippen molar-refractivity contribution in [2.24, 2.45) is 11.1 Å². The highest BCUT2D eigenvalue weighted by atomic mass is 16.4. The third kappa shape index (κ3) is 3.08. The summed E-state index contributed by atoms with van der Waals surface area (Å²) in [7, 11) is 0. The van der Waals surface area contributed by atoms with Crippen molar-refractivity contribution < 1.29 is 14.7 Å². The van der Waals surface area contributed by atoms with Crippen LogP contribution < -0.4 is 5.73 Å². The molecule has 0 saturated carbocycles. The van der Waals surface area contributed by atoms with Gasteiger partial charge in [-0.2, -0.15) is 0 Å². The van der Waals surface area contributed by atoms with Gasteiger partial charge in [0.15, 0.2) is 0 Å². The Balaban J connectivity index is 2.02. The molecule has 0 aromatic heterocycles. The van der Waals surface area contributed by atoms with Gasteiger partial charge in [0.1, 0.15) is 6.04 Å². The minimum absolute atomic E-state index is 0.128. The van der Waals surface area contributed by atoms with Gasteiger partial charge < -0.3 is 15.7 Å². The normalized spacial score (nSPS) is 19.0. The Bertz CT molecular complexity index is 508. The van der Waals surface area contributed by atoms with E-state index in [0.29, 0.717) is 32.4 Å². The summed E-state index contributed by atoms with van der Waals surface area (Å²) < 4.78 is 0. The molecule has 5 heteroatoms. The van der Waals surface area contributed by atoms with E-state index in [-0.39, 0.29) is 5.91 Å². The summed E-state index contributed by atoms with van der Waals surface area (Å²) in [6.45, 7) is 2.81. The zero-order valence-corrected chi connectivity index (χ0v) is 12.3. The van der Waals surface area contributed by atoms with Gasteiger partial charge in [-0.15, -0.1) is 0 Å². The van der Waals surface area contributed by atoms with E-state index >= 15 is 0 Å². The Morgan fingerprint density at radius 2 is 1.86 bits per heavy atom. The second-order valence-electron chi connectivity index (χ2n) is 5.65. The van der Waals surface area contributed by atoms with Crippen LogP contribution in [0.5, 0.6) is 0 Å². The number of carboxylic acid groups (broad SMARTS) is 1. The van der Waals surface area contributed by atoms with E-state index in [1.165, 1.54) is 0 Å². The first-order valence-electron chi connectivity index (χ1n) is 7.33. The summed E-state index contributed by atoms with van der Waals surface area (Å²) in [5.41, 5.74) is 6.12. The van der Waals surface area contributed by atoms with Gasteiger partial charge in [0.2, 0.25) is 5.91 Å². The SMILES string of the molecule is CCC1(C(=O)O)CCN(C(=O)C(N)c2ccccc2)CC1. The molecule has 1 amide bonds. The lowest BCUT2D eigenvalue weighted by Gasteiger charge is -2.39.